The van der Waals surface area contributed by atoms with Gasteiger partial charge in [0, 0.05) is 16.4 Å². The fourth-order valence-corrected chi connectivity index (χ4v) is 4.25. The number of carbonyl (C=O) groups is 2. The molecule has 0 saturated carbocycles. The molecule has 0 saturated heterocycles. The van der Waals surface area contributed by atoms with Crippen molar-refractivity contribution in [3.05, 3.63) is 70.2 Å². The van der Waals surface area contributed by atoms with Gasteiger partial charge in [-0.2, -0.15) is 0 Å². The van der Waals surface area contributed by atoms with Crippen LogP contribution >= 0.6 is 15.9 Å². The lowest BCUT2D eigenvalue weighted by molar-refractivity contribution is -0.114. The Bertz CT molecular complexity index is 1060. The highest BCUT2D eigenvalue weighted by Gasteiger charge is 2.37. The van der Waals surface area contributed by atoms with E-state index in [-0.39, 0.29) is 0 Å². The summed E-state index contributed by atoms with van der Waals surface area (Å²) in [5, 5.41) is 2.19. The Morgan fingerprint density at radius 3 is 2.67 bits per heavy atom. The minimum absolute atomic E-state index is 0.435. The lowest BCUT2D eigenvalue weighted by atomic mass is 10.1. The third-order valence-corrected chi connectivity index (χ3v) is 5.30. The molecule has 1 heterocycles. The average Bonchev–Trinajstić information content (AvgIpc) is 2.90. The number of ether oxygens (including phenoxy) is 1. The third kappa shape index (κ3) is 3.23. The Kier molecular flexibility index (Phi) is 4.70. The number of hydrogen-bond donors (Lipinski definition) is 0. The molecule has 4 nitrogen and oxygen atoms in total. The van der Waals surface area contributed by atoms with Crippen LogP contribution in [0.25, 0.3) is 10.8 Å². The van der Waals surface area contributed by atoms with Gasteiger partial charge in [0.05, 0.1) is 17.9 Å². The van der Waals surface area contributed by atoms with E-state index in [9.17, 15) is 9.59 Å². The summed E-state index contributed by atoms with van der Waals surface area (Å²) in [5.74, 6) is -0.0834. The average molecular weight is 424 g/mol. The first-order valence-corrected chi connectivity index (χ1v) is 9.62. The molecule has 0 spiro atoms. The molecule has 1 aliphatic heterocycles. The topological polar surface area (TPSA) is 46.6 Å². The van der Waals surface area contributed by atoms with Crippen LogP contribution in [0, 0.1) is 6.92 Å². The van der Waals surface area contributed by atoms with Gasteiger partial charge in [0.15, 0.2) is 0 Å². The Morgan fingerprint density at radius 1 is 1.04 bits per heavy atom. The van der Waals surface area contributed by atoms with Crippen molar-refractivity contribution in [1.82, 2.24) is 0 Å². The number of benzene rings is 3. The van der Waals surface area contributed by atoms with Gasteiger partial charge in [-0.05, 0) is 58.4 Å². The molecule has 0 bridgehead atoms. The molecule has 0 aliphatic carbocycles. The number of Topliss-reactive ketones (excluding diaryl/α,β-unsaturated/α-hetero) is 1. The van der Waals surface area contributed by atoms with Crippen molar-refractivity contribution in [2.24, 2.45) is 0 Å². The van der Waals surface area contributed by atoms with E-state index in [0.29, 0.717) is 30.8 Å². The van der Waals surface area contributed by atoms with Gasteiger partial charge in [0.1, 0.15) is 5.75 Å². The summed E-state index contributed by atoms with van der Waals surface area (Å²) in [6, 6.07) is 17.7. The lowest BCUT2D eigenvalue weighted by Gasteiger charge is -2.18. The normalized spacial score (nSPS) is 13.3. The Hall–Kier alpha value is -2.66. The molecule has 136 valence electrons. The Balaban J connectivity index is 1.46. The van der Waals surface area contributed by atoms with Crippen LogP contribution in [0.2, 0.25) is 0 Å². The number of amides is 1. The molecule has 27 heavy (non-hydrogen) atoms. The molecular formula is C22H18BrNO3. The van der Waals surface area contributed by atoms with Crippen LogP contribution in [-0.2, 0) is 4.79 Å². The first-order valence-electron chi connectivity index (χ1n) is 8.83. The Morgan fingerprint density at radius 2 is 1.81 bits per heavy atom. The predicted octanol–water partition coefficient (Wildman–Crippen LogP) is 4.91. The summed E-state index contributed by atoms with van der Waals surface area (Å²) in [6.45, 7) is 2.80. The number of fused-ring (bicyclic) bond motifs is 2. The van der Waals surface area contributed by atoms with Gasteiger partial charge in [-0.3, -0.25) is 9.59 Å². The van der Waals surface area contributed by atoms with Gasteiger partial charge >= 0.3 is 0 Å². The second-order valence-corrected chi connectivity index (χ2v) is 7.46. The van der Waals surface area contributed by atoms with Crippen LogP contribution in [0.1, 0.15) is 22.3 Å². The molecule has 4 rings (SSSR count). The monoisotopic (exact) mass is 423 g/mol. The fourth-order valence-electron chi connectivity index (χ4n) is 3.46. The van der Waals surface area contributed by atoms with E-state index in [0.717, 1.165) is 26.6 Å². The third-order valence-electron chi connectivity index (χ3n) is 4.69. The van der Waals surface area contributed by atoms with E-state index in [1.807, 2.05) is 55.5 Å². The minimum atomic E-state index is -0.471. The summed E-state index contributed by atoms with van der Waals surface area (Å²) in [7, 11) is 0. The minimum Gasteiger partial charge on any atom is -0.493 e. The van der Waals surface area contributed by atoms with Gasteiger partial charge < -0.3 is 9.64 Å². The smallest absolute Gasteiger partial charge is 0.299 e. The maximum atomic E-state index is 12.4. The van der Waals surface area contributed by atoms with Crippen LogP contribution < -0.4 is 9.64 Å². The molecule has 5 heteroatoms. The Labute approximate surface area is 165 Å². The van der Waals surface area contributed by atoms with Gasteiger partial charge in [-0.15, -0.1) is 0 Å². The molecule has 0 fully saturated rings. The first-order chi connectivity index (χ1) is 13.1. The summed E-state index contributed by atoms with van der Waals surface area (Å²) < 4.78 is 6.71. The largest absolute Gasteiger partial charge is 0.493 e. The SMILES string of the molecule is Cc1cc(Br)c2c(c1)C(=O)C(=O)N2CCCOc1cccc2ccccc12. The van der Waals surface area contributed by atoms with Crippen molar-refractivity contribution in [1.29, 1.82) is 0 Å². The van der Waals surface area contributed by atoms with Crippen molar-refractivity contribution < 1.29 is 14.3 Å². The van der Waals surface area contributed by atoms with E-state index in [1.165, 1.54) is 0 Å². The first kappa shape index (κ1) is 17.7. The molecule has 0 radical (unpaired) electrons. The fraction of sp³-hybridized carbons (Fsp3) is 0.182. The number of ketones is 1. The van der Waals surface area contributed by atoms with Crippen LogP contribution in [0.15, 0.2) is 59.1 Å². The number of hydrogen-bond acceptors (Lipinski definition) is 3. The van der Waals surface area contributed by atoms with E-state index in [1.54, 1.807) is 11.0 Å². The lowest BCUT2D eigenvalue weighted by Crippen LogP contribution is -2.31. The molecule has 1 aliphatic rings. The number of halogens is 1. The number of aryl methyl sites for hydroxylation is 1. The predicted molar refractivity (Wildman–Crippen MR) is 110 cm³/mol. The van der Waals surface area contributed by atoms with E-state index >= 15 is 0 Å². The van der Waals surface area contributed by atoms with Crippen molar-refractivity contribution in [2.45, 2.75) is 13.3 Å². The van der Waals surface area contributed by atoms with E-state index < -0.39 is 11.7 Å². The molecule has 3 aromatic carbocycles. The molecule has 0 aromatic heterocycles. The van der Waals surface area contributed by atoms with Crippen molar-refractivity contribution in [3.63, 3.8) is 0 Å². The molecular weight excluding hydrogens is 406 g/mol. The molecule has 0 N–H and O–H groups in total. The summed E-state index contributed by atoms with van der Waals surface area (Å²) >= 11 is 3.49. The van der Waals surface area contributed by atoms with Gasteiger partial charge in [-0.1, -0.05) is 36.4 Å². The van der Waals surface area contributed by atoms with Crippen molar-refractivity contribution >= 4 is 44.1 Å². The number of nitrogens with zero attached hydrogens (tertiary/aromatic N) is 1. The van der Waals surface area contributed by atoms with Crippen molar-refractivity contribution in [2.75, 3.05) is 18.1 Å². The van der Waals surface area contributed by atoms with Gasteiger partial charge in [0.2, 0.25) is 0 Å². The second-order valence-electron chi connectivity index (χ2n) is 6.61. The highest BCUT2D eigenvalue weighted by atomic mass is 79.9. The summed E-state index contributed by atoms with van der Waals surface area (Å²) in [6.07, 6.45) is 0.627. The van der Waals surface area contributed by atoms with Crippen molar-refractivity contribution in [3.8, 4) is 5.75 Å². The highest BCUT2D eigenvalue weighted by Crippen LogP contribution is 2.37. The van der Waals surface area contributed by atoms with Crippen LogP contribution in [0.4, 0.5) is 5.69 Å². The molecule has 0 unspecified atom stereocenters. The van der Waals surface area contributed by atoms with E-state index in [2.05, 4.69) is 15.9 Å². The maximum Gasteiger partial charge on any atom is 0.299 e. The van der Waals surface area contributed by atoms with E-state index in [4.69, 9.17) is 4.74 Å². The van der Waals surface area contributed by atoms with Crippen LogP contribution in [0.5, 0.6) is 5.75 Å². The zero-order valence-corrected chi connectivity index (χ0v) is 16.5. The second kappa shape index (κ2) is 7.16. The van der Waals surface area contributed by atoms with Gasteiger partial charge in [0.25, 0.3) is 11.7 Å². The zero-order valence-electron chi connectivity index (χ0n) is 14.9. The number of rotatable bonds is 5. The van der Waals surface area contributed by atoms with Crippen LogP contribution in [0.3, 0.4) is 0 Å². The molecule has 1 amide bonds. The number of anilines is 1. The summed E-state index contributed by atoms with van der Waals surface area (Å²) in [5.41, 5.74) is 2.09. The zero-order chi connectivity index (χ0) is 19.0. The quantitative estimate of drug-likeness (QED) is 0.432. The van der Waals surface area contributed by atoms with Crippen LogP contribution in [-0.4, -0.2) is 24.8 Å². The van der Waals surface area contributed by atoms with Gasteiger partial charge in [-0.25, -0.2) is 0 Å². The highest BCUT2D eigenvalue weighted by molar-refractivity contribution is 9.10. The standard InChI is InChI=1S/C22H18BrNO3/c1-14-12-17-20(18(23)13-14)24(22(26)21(17)25)10-5-11-27-19-9-4-7-15-6-2-3-8-16(15)19/h2-4,6-9,12-13H,5,10-11H2,1H3. The molecule has 3 aromatic rings. The summed E-state index contributed by atoms with van der Waals surface area (Å²) in [4.78, 5) is 26.2. The maximum absolute atomic E-state index is 12.4. The number of carbonyl (C=O) groups excluding carboxylic acids is 2. The molecule has 0 atom stereocenters.